The van der Waals surface area contributed by atoms with Crippen molar-refractivity contribution in [3.05, 3.63) is 36.0 Å². The Morgan fingerprint density at radius 1 is 1.17 bits per heavy atom. The molecule has 1 aliphatic heterocycles. The second-order valence-corrected chi connectivity index (χ2v) is 5.54. The van der Waals surface area contributed by atoms with Crippen LogP contribution in [0.25, 0.3) is 5.69 Å². The molecule has 0 radical (unpaired) electrons. The first kappa shape index (κ1) is 18.6. The third kappa shape index (κ3) is 4.63. The van der Waals surface area contributed by atoms with E-state index in [0.29, 0.717) is 12.5 Å². The van der Waals surface area contributed by atoms with Crippen molar-refractivity contribution in [3.63, 3.8) is 0 Å². The number of aromatic nitrogens is 2. The minimum Gasteiger partial charge on any atom is -0.497 e. The molecule has 0 amide bonds. The van der Waals surface area contributed by atoms with Gasteiger partial charge in [-0.05, 0) is 31.2 Å². The van der Waals surface area contributed by atoms with Crippen LogP contribution in [-0.2, 0) is 4.74 Å². The lowest BCUT2D eigenvalue weighted by atomic mass is 10.3. The Kier molecular flexibility index (Phi) is 6.90. The smallest absolute Gasteiger partial charge is 0.233 e. The van der Waals surface area contributed by atoms with Crippen LogP contribution in [0.4, 0.5) is 0 Å². The number of ether oxygens (including phenoxy) is 3. The molecular formula is C17H24ClN3O3. The second-order valence-electron chi connectivity index (χ2n) is 5.54. The van der Waals surface area contributed by atoms with Crippen LogP contribution >= 0.6 is 12.4 Å². The molecule has 6 nitrogen and oxygen atoms in total. The maximum Gasteiger partial charge on any atom is 0.233 e. The number of aryl methyl sites for hydroxylation is 1. The Morgan fingerprint density at radius 3 is 2.54 bits per heavy atom. The van der Waals surface area contributed by atoms with E-state index < -0.39 is 0 Å². The van der Waals surface area contributed by atoms with Crippen molar-refractivity contribution in [3.8, 4) is 17.3 Å². The lowest BCUT2D eigenvalue weighted by Gasteiger charge is -2.26. The summed E-state index contributed by atoms with van der Waals surface area (Å²) in [6.07, 6.45) is 0. The fourth-order valence-corrected chi connectivity index (χ4v) is 2.61. The van der Waals surface area contributed by atoms with E-state index in [9.17, 15) is 0 Å². The molecule has 0 atom stereocenters. The highest BCUT2D eigenvalue weighted by molar-refractivity contribution is 5.85. The molecule has 1 saturated heterocycles. The molecule has 0 saturated carbocycles. The van der Waals surface area contributed by atoms with Crippen LogP contribution in [0.15, 0.2) is 30.3 Å². The summed E-state index contributed by atoms with van der Waals surface area (Å²) in [4.78, 5) is 2.34. The largest absolute Gasteiger partial charge is 0.497 e. The van der Waals surface area contributed by atoms with Crippen LogP contribution in [0, 0.1) is 6.92 Å². The van der Waals surface area contributed by atoms with E-state index in [2.05, 4.69) is 10.00 Å². The normalized spacial score (nSPS) is 14.9. The zero-order chi connectivity index (χ0) is 16.1. The highest BCUT2D eigenvalue weighted by Crippen LogP contribution is 2.19. The summed E-state index contributed by atoms with van der Waals surface area (Å²) in [6.45, 7) is 7.13. The van der Waals surface area contributed by atoms with Gasteiger partial charge in [-0.1, -0.05) is 0 Å². The number of morpholine rings is 1. The summed E-state index contributed by atoms with van der Waals surface area (Å²) in [7, 11) is 1.66. The van der Waals surface area contributed by atoms with Gasteiger partial charge in [0.05, 0.1) is 26.0 Å². The van der Waals surface area contributed by atoms with Crippen molar-refractivity contribution >= 4 is 12.4 Å². The standard InChI is InChI=1S/C17H23N3O3.ClH/c1-14-13-17(23-12-9-19-7-10-22-11-8-19)18-20(14)15-3-5-16(21-2)6-4-15;/h3-6,13H,7-12H2,1-2H3;1H. The average Bonchev–Trinajstić information content (AvgIpc) is 2.97. The monoisotopic (exact) mass is 353 g/mol. The molecule has 2 aromatic rings. The molecule has 2 heterocycles. The van der Waals surface area contributed by atoms with Gasteiger partial charge in [-0.25, -0.2) is 4.68 Å². The molecule has 0 aliphatic carbocycles. The van der Waals surface area contributed by atoms with E-state index >= 15 is 0 Å². The van der Waals surface area contributed by atoms with Crippen LogP contribution in [0.2, 0.25) is 0 Å². The Morgan fingerprint density at radius 2 is 1.88 bits per heavy atom. The third-order valence-electron chi connectivity index (χ3n) is 3.94. The molecule has 24 heavy (non-hydrogen) atoms. The summed E-state index contributed by atoms with van der Waals surface area (Å²) in [6, 6.07) is 9.78. The fourth-order valence-electron chi connectivity index (χ4n) is 2.61. The van der Waals surface area contributed by atoms with Gasteiger partial charge in [-0.3, -0.25) is 4.90 Å². The SMILES string of the molecule is COc1ccc(-n2nc(OCCN3CCOCC3)cc2C)cc1.Cl. The highest BCUT2D eigenvalue weighted by Gasteiger charge is 2.11. The number of benzene rings is 1. The molecule has 1 aliphatic rings. The van der Waals surface area contributed by atoms with Gasteiger partial charge in [0.25, 0.3) is 0 Å². The lowest BCUT2D eigenvalue weighted by Crippen LogP contribution is -2.38. The van der Waals surface area contributed by atoms with Gasteiger partial charge >= 0.3 is 0 Å². The topological polar surface area (TPSA) is 48.8 Å². The van der Waals surface area contributed by atoms with Gasteiger partial charge in [0.15, 0.2) is 0 Å². The Balaban J connectivity index is 0.00000208. The number of nitrogens with zero attached hydrogens (tertiary/aromatic N) is 3. The zero-order valence-electron chi connectivity index (χ0n) is 14.1. The molecule has 1 fully saturated rings. The second kappa shape index (κ2) is 8.92. The van der Waals surface area contributed by atoms with E-state index in [0.717, 1.165) is 50.0 Å². The average molecular weight is 354 g/mol. The molecule has 0 spiro atoms. The predicted octanol–water partition coefficient (Wildman–Crippen LogP) is 2.32. The molecule has 7 heteroatoms. The number of rotatable bonds is 6. The minimum atomic E-state index is 0. The first-order chi connectivity index (χ1) is 11.3. The molecule has 1 aromatic carbocycles. The van der Waals surface area contributed by atoms with Gasteiger partial charge in [0.1, 0.15) is 12.4 Å². The van der Waals surface area contributed by atoms with Crippen molar-refractivity contribution in [1.29, 1.82) is 0 Å². The number of hydrogen-bond acceptors (Lipinski definition) is 5. The summed E-state index contributed by atoms with van der Waals surface area (Å²) in [5.74, 6) is 1.49. The van der Waals surface area contributed by atoms with Gasteiger partial charge in [-0.2, -0.15) is 0 Å². The number of halogens is 1. The Hall–Kier alpha value is -1.76. The fraction of sp³-hybridized carbons (Fsp3) is 0.471. The molecule has 3 rings (SSSR count). The van der Waals surface area contributed by atoms with Crippen molar-refractivity contribution in [2.45, 2.75) is 6.92 Å². The molecule has 0 unspecified atom stereocenters. The Labute approximate surface area is 148 Å². The maximum absolute atomic E-state index is 5.80. The third-order valence-corrected chi connectivity index (χ3v) is 3.94. The van der Waals surface area contributed by atoms with Crippen molar-refractivity contribution < 1.29 is 14.2 Å². The molecule has 1 aromatic heterocycles. The van der Waals surface area contributed by atoms with Crippen LogP contribution in [0.1, 0.15) is 5.69 Å². The van der Waals surface area contributed by atoms with Crippen LogP contribution < -0.4 is 9.47 Å². The van der Waals surface area contributed by atoms with E-state index in [1.807, 2.05) is 41.9 Å². The van der Waals surface area contributed by atoms with E-state index in [1.54, 1.807) is 7.11 Å². The van der Waals surface area contributed by atoms with Crippen molar-refractivity contribution in [1.82, 2.24) is 14.7 Å². The zero-order valence-corrected chi connectivity index (χ0v) is 14.9. The van der Waals surface area contributed by atoms with Gasteiger partial charge < -0.3 is 14.2 Å². The van der Waals surface area contributed by atoms with Crippen LogP contribution in [0.3, 0.4) is 0 Å². The van der Waals surface area contributed by atoms with Crippen molar-refractivity contribution in [2.24, 2.45) is 0 Å². The maximum atomic E-state index is 5.80. The number of hydrogen-bond donors (Lipinski definition) is 0. The summed E-state index contributed by atoms with van der Waals surface area (Å²) in [5.41, 5.74) is 2.03. The van der Waals surface area contributed by atoms with E-state index in [4.69, 9.17) is 14.2 Å². The van der Waals surface area contributed by atoms with Crippen LogP contribution in [-0.4, -0.2) is 61.2 Å². The van der Waals surface area contributed by atoms with Crippen LogP contribution in [0.5, 0.6) is 11.6 Å². The molecule has 132 valence electrons. The first-order valence-electron chi connectivity index (χ1n) is 7.90. The summed E-state index contributed by atoms with van der Waals surface area (Å²) < 4.78 is 18.2. The van der Waals surface area contributed by atoms with E-state index in [1.165, 1.54) is 0 Å². The quantitative estimate of drug-likeness (QED) is 0.797. The summed E-state index contributed by atoms with van der Waals surface area (Å²) >= 11 is 0. The Bertz CT molecular complexity index is 625. The molecular weight excluding hydrogens is 330 g/mol. The van der Waals surface area contributed by atoms with Gasteiger partial charge in [0.2, 0.25) is 5.88 Å². The molecule has 0 bridgehead atoms. The van der Waals surface area contributed by atoms with Gasteiger partial charge in [-0.15, -0.1) is 17.5 Å². The van der Waals surface area contributed by atoms with Crippen molar-refractivity contribution in [2.75, 3.05) is 46.6 Å². The van der Waals surface area contributed by atoms with Gasteiger partial charge in [0, 0.05) is 31.4 Å². The minimum absolute atomic E-state index is 0. The lowest BCUT2D eigenvalue weighted by molar-refractivity contribution is 0.0320. The van der Waals surface area contributed by atoms with E-state index in [-0.39, 0.29) is 12.4 Å². The highest BCUT2D eigenvalue weighted by atomic mass is 35.5. The molecule has 0 N–H and O–H groups in total. The summed E-state index contributed by atoms with van der Waals surface area (Å²) in [5, 5.41) is 4.53. The number of methoxy groups -OCH3 is 1. The first-order valence-corrected chi connectivity index (χ1v) is 7.90. The predicted molar refractivity (Wildman–Crippen MR) is 94.9 cm³/mol.